The van der Waals surface area contributed by atoms with E-state index in [1.54, 1.807) is 31.6 Å². The Morgan fingerprint density at radius 1 is 1.07 bits per heavy atom. The lowest BCUT2D eigenvalue weighted by Gasteiger charge is -2.19. The van der Waals surface area contributed by atoms with Crippen LogP contribution < -0.4 is 15.2 Å². The van der Waals surface area contributed by atoms with Gasteiger partial charge in [0.05, 0.1) is 12.1 Å². The van der Waals surface area contributed by atoms with Gasteiger partial charge in [0.15, 0.2) is 11.6 Å². The van der Waals surface area contributed by atoms with Crippen LogP contribution in [0.5, 0.6) is 11.8 Å². The van der Waals surface area contributed by atoms with Crippen molar-refractivity contribution >= 4 is 29.0 Å². The van der Waals surface area contributed by atoms with Crippen LogP contribution in [0.3, 0.4) is 0 Å². The summed E-state index contributed by atoms with van der Waals surface area (Å²) in [5.41, 5.74) is 7.63. The van der Waals surface area contributed by atoms with Crippen molar-refractivity contribution in [3.05, 3.63) is 58.2 Å². The Kier molecular flexibility index (Phi) is 5.62. The molecule has 0 aliphatic rings. The van der Waals surface area contributed by atoms with Crippen molar-refractivity contribution in [3.63, 3.8) is 0 Å². The number of ether oxygens (including phenoxy) is 2. The van der Waals surface area contributed by atoms with Crippen LogP contribution in [-0.2, 0) is 0 Å². The zero-order valence-electron chi connectivity index (χ0n) is 14.4. The second kappa shape index (κ2) is 7.94. The molecule has 0 spiro atoms. The van der Waals surface area contributed by atoms with Gasteiger partial charge in [0.1, 0.15) is 11.9 Å². The first kappa shape index (κ1) is 19.1. The highest BCUT2D eigenvalue weighted by atomic mass is 35.5. The van der Waals surface area contributed by atoms with Gasteiger partial charge >= 0.3 is 6.01 Å². The SMILES string of the molecule is COc1ncc(-c2cnc(N)c(OC(C)c3c(Cl)ccc(F)c3Cl)c2)cn1. The maximum atomic E-state index is 13.8. The fourth-order valence-corrected chi connectivity index (χ4v) is 3.12. The van der Waals surface area contributed by atoms with Gasteiger partial charge in [-0.3, -0.25) is 0 Å². The van der Waals surface area contributed by atoms with Gasteiger partial charge in [0.25, 0.3) is 0 Å². The number of benzene rings is 1. The third-order valence-corrected chi connectivity index (χ3v) is 4.53. The number of hydrogen-bond acceptors (Lipinski definition) is 6. The van der Waals surface area contributed by atoms with Crippen LogP contribution in [0.15, 0.2) is 36.8 Å². The van der Waals surface area contributed by atoms with E-state index in [0.29, 0.717) is 27.5 Å². The first-order chi connectivity index (χ1) is 12.9. The van der Waals surface area contributed by atoms with E-state index in [4.69, 9.17) is 38.4 Å². The van der Waals surface area contributed by atoms with E-state index in [0.717, 1.165) is 0 Å². The average molecular weight is 409 g/mol. The number of pyridine rings is 1. The molecule has 1 unspecified atom stereocenters. The van der Waals surface area contributed by atoms with Crippen LogP contribution in [0, 0.1) is 5.82 Å². The molecule has 3 aromatic rings. The largest absolute Gasteiger partial charge is 0.482 e. The molecule has 2 heterocycles. The molecule has 1 atom stereocenters. The molecular weight excluding hydrogens is 394 g/mol. The Labute approximate surface area is 165 Å². The van der Waals surface area contributed by atoms with Crippen LogP contribution in [0.25, 0.3) is 11.1 Å². The second-order valence-electron chi connectivity index (χ2n) is 5.58. The predicted octanol–water partition coefficient (Wildman–Crippen LogP) is 4.72. The molecular formula is C18H15Cl2FN4O2. The van der Waals surface area contributed by atoms with E-state index in [-0.39, 0.29) is 16.9 Å². The number of aromatic nitrogens is 3. The molecule has 9 heteroatoms. The molecule has 0 saturated carbocycles. The number of rotatable bonds is 5. The van der Waals surface area contributed by atoms with Crippen LogP contribution in [0.1, 0.15) is 18.6 Å². The van der Waals surface area contributed by atoms with Crippen molar-refractivity contribution in [2.75, 3.05) is 12.8 Å². The zero-order chi connectivity index (χ0) is 19.6. The lowest BCUT2D eigenvalue weighted by Crippen LogP contribution is -2.08. The quantitative estimate of drug-likeness (QED) is 0.615. The maximum absolute atomic E-state index is 13.8. The molecule has 2 N–H and O–H groups in total. The van der Waals surface area contributed by atoms with Crippen molar-refractivity contribution in [3.8, 4) is 22.9 Å². The summed E-state index contributed by atoms with van der Waals surface area (Å²) in [5.74, 6) is -0.113. The number of nitrogen functional groups attached to an aromatic ring is 1. The molecule has 0 aliphatic heterocycles. The van der Waals surface area contributed by atoms with E-state index in [9.17, 15) is 4.39 Å². The van der Waals surface area contributed by atoms with Gasteiger partial charge in [0.2, 0.25) is 0 Å². The van der Waals surface area contributed by atoms with Crippen molar-refractivity contribution < 1.29 is 13.9 Å². The standard InChI is InChI=1S/C18H15Cl2FN4O2/c1-9(15-12(19)3-4-13(21)16(15)20)27-14-5-10(6-23-17(14)22)11-7-24-18(26-2)25-8-11/h3-9H,1-2H3,(H2,22,23). The Hall–Kier alpha value is -2.64. The predicted molar refractivity (Wildman–Crippen MR) is 102 cm³/mol. The summed E-state index contributed by atoms with van der Waals surface area (Å²) in [4.78, 5) is 12.2. The lowest BCUT2D eigenvalue weighted by molar-refractivity contribution is 0.227. The number of halogens is 3. The number of methoxy groups -OCH3 is 1. The number of anilines is 1. The maximum Gasteiger partial charge on any atom is 0.316 e. The van der Waals surface area contributed by atoms with Gasteiger partial charge in [-0.15, -0.1) is 0 Å². The summed E-state index contributed by atoms with van der Waals surface area (Å²) >= 11 is 12.2. The number of nitrogens with zero attached hydrogens (tertiary/aromatic N) is 3. The molecule has 3 rings (SSSR count). The van der Waals surface area contributed by atoms with Crippen molar-refractivity contribution in [1.82, 2.24) is 15.0 Å². The van der Waals surface area contributed by atoms with Crippen molar-refractivity contribution in [1.29, 1.82) is 0 Å². The fourth-order valence-electron chi connectivity index (χ4n) is 2.44. The highest BCUT2D eigenvalue weighted by Crippen LogP contribution is 2.36. The van der Waals surface area contributed by atoms with E-state index in [2.05, 4.69) is 15.0 Å². The molecule has 0 radical (unpaired) electrons. The topological polar surface area (TPSA) is 83.2 Å². The fraction of sp³-hybridized carbons (Fsp3) is 0.167. The summed E-state index contributed by atoms with van der Waals surface area (Å²) in [6, 6.07) is 4.55. The third kappa shape index (κ3) is 4.04. The minimum atomic E-state index is -0.660. The van der Waals surface area contributed by atoms with E-state index < -0.39 is 11.9 Å². The molecule has 0 saturated heterocycles. The first-order valence-corrected chi connectivity index (χ1v) is 8.58. The molecule has 6 nitrogen and oxygen atoms in total. The number of nitrogens with two attached hydrogens (primary N) is 1. The summed E-state index contributed by atoms with van der Waals surface area (Å²) in [7, 11) is 1.48. The van der Waals surface area contributed by atoms with Crippen LogP contribution in [0.4, 0.5) is 10.2 Å². The molecule has 0 bridgehead atoms. The van der Waals surface area contributed by atoms with Gasteiger partial charge in [0, 0.05) is 40.3 Å². The molecule has 0 fully saturated rings. The summed E-state index contributed by atoms with van der Waals surface area (Å²) in [6.45, 7) is 1.69. The molecule has 0 amide bonds. The monoisotopic (exact) mass is 408 g/mol. The minimum Gasteiger partial charge on any atom is -0.482 e. The van der Waals surface area contributed by atoms with Gasteiger partial charge in [-0.1, -0.05) is 23.2 Å². The highest BCUT2D eigenvalue weighted by Gasteiger charge is 2.20. The second-order valence-corrected chi connectivity index (χ2v) is 6.37. The molecule has 2 aromatic heterocycles. The Morgan fingerprint density at radius 2 is 1.74 bits per heavy atom. The Morgan fingerprint density at radius 3 is 2.41 bits per heavy atom. The molecule has 1 aromatic carbocycles. The number of hydrogen-bond donors (Lipinski definition) is 1. The van der Waals surface area contributed by atoms with Gasteiger partial charge < -0.3 is 15.2 Å². The molecule has 27 heavy (non-hydrogen) atoms. The van der Waals surface area contributed by atoms with E-state index >= 15 is 0 Å². The van der Waals surface area contributed by atoms with Crippen molar-refractivity contribution in [2.45, 2.75) is 13.0 Å². The zero-order valence-corrected chi connectivity index (χ0v) is 15.9. The van der Waals surface area contributed by atoms with Crippen LogP contribution in [-0.4, -0.2) is 22.1 Å². The third-order valence-electron chi connectivity index (χ3n) is 3.82. The summed E-state index contributed by atoms with van der Waals surface area (Å²) < 4.78 is 24.6. The Balaban J connectivity index is 1.92. The van der Waals surface area contributed by atoms with E-state index in [1.165, 1.54) is 19.2 Å². The summed E-state index contributed by atoms with van der Waals surface area (Å²) in [5, 5.41) is 0.196. The highest BCUT2D eigenvalue weighted by molar-refractivity contribution is 6.36. The summed E-state index contributed by atoms with van der Waals surface area (Å²) in [6.07, 6.45) is 4.09. The van der Waals surface area contributed by atoms with Crippen LogP contribution in [0.2, 0.25) is 10.0 Å². The molecule has 140 valence electrons. The van der Waals surface area contributed by atoms with Gasteiger partial charge in [-0.25, -0.2) is 19.3 Å². The van der Waals surface area contributed by atoms with Gasteiger partial charge in [-0.2, -0.15) is 0 Å². The van der Waals surface area contributed by atoms with Gasteiger partial charge in [-0.05, 0) is 25.1 Å². The minimum absolute atomic E-state index is 0.0961. The normalized spacial score (nSPS) is 11.9. The van der Waals surface area contributed by atoms with E-state index in [1.807, 2.05) is 0 Å². The van der Waals surface area contributed by atoms with Crippen molar-refractivity contribution in [2.24, 2.45) is 0 Å². The Bertz CT molecular complexity index is 970. The molecule has 0 aliphatic carbocycles. The average Bonchev–Trinajstić information content (AvgIpc) is 2.67. The smallest absolute Gasteiger partial charge is 0.316 e. The first-order valence-electron chi connectivity index (χ1n) is 7.82. The lowest BCUT2D eigenvalue weighted by atomic mass is 10.1. The van der Waals surface area contributed by atoms with Crippen LogP contribution >= 0.6 is 23.2 Å².